The SMILES string of the molecule is COC(=O)c1ccc(CN(C)Cc2ccoc2C)cc1F. The van der Waals surface area contributed by atoms with E-state index in [0.29, 0.717) is 13.1 Å². The van der Waals surface area contributed by atoms with E-state index in [-0.39, 0.29) is 5.56 Å². The van der Waals surface area contributed by atoms with Crippen LogP contribution in [0.25, 0.3) is 0 Å². The number of halogens is 1. The minimum absolute atomic E-state index is 0.0467. The van der Waals surface area contributed by atoms with Gasteiger partial charge >= 0.3 is 5.97 Å². The fourth-order valence-electron chi connectivity index (χ4n) is 2.17. The molecule has 0 atom stereocenters. The largest absolute Gasteiger partial charge is 0.469 e. The molecule has 0 unspecified atom stereocenters. The molecule has 4 nitrogen and oxygen atoms in total. The van der Waals surface area contributed by atoms with E-state index in [1.165, 1.54) is 19.2 Å². The van der Waals surface area contributed by atoms with Crippen molar-refractivity contribution in [3.63, 3.8) is 0 Å². The first-order valence-electron chi connectivity index (χ1n) is 6.59. The first kappa shape index (κ1) is 15.3. The molecule has 1 heterocycles. The Morgan fingerprint density at radius 2 is 2.10 bits per heavy atom. The Bertz CT molecular complexity index is 636. The lowest BCUT2D eigenvalue weighted by atomic mass is 10.1. The molecule has 0 saturated heterocycles. The summed E-state index contributed by atoms with van der Waals surface area (Å²) in [6, 6.07) is 6.47. The maximum Gasteiger partial charge on any atom is 0.340 e. The number of hydrogen-bond donors (Lipinski definition) is 0. The third-order valence-electron chi connectivity index (χ3n) is 3.30. The number of aryl methyl sites for hydroxylation is 1. The zero-order valence-corrected chi connectivity index (χ0v) is 12.4. The van der Waals surface area contributed by atoms with E-state index in [4.69, 9.17) is 4.42 Å². The zero-order valence-electron chi connectivity index (χ0n) is 12.4. The first-order chi connectivity index (χ1) is 10.0. The lowest BCUT2D eigenvalue weighted by Crippen LogP contribution is -2.17. The maximum atomic E-state index is 13.8. The average Bonchev–Trinajstić information content (AvgIpc) is 2.83. The molecule has 2 aromatic rings. The van der Waals surface area contributed by atoms with Gasteiger partial charge in [0.25, 0.3) is 0 Å². The second-order valence-electron chi connectivity index (χ2n) is 4.98. The molecule has 0 aliphatic heterocycles. The van der Waals surface area contributed by atoms with Gasteiger partial charge in [0.1, 0.15) is 11.6 Å². The van der Waals surface area contributed by atoms with Gasteiger partial charge in [0.15, 0.2) is 0 Å². The molecule has 1 aromatic carbocycles. The number of carbonyl (C=O) groups excluding carboxylic acids is 1. The van der Waals surface area contributed by atoms with E-state index in [0.717, 1.165) is 16.9 Å². The Kier molecular flexibility index (Phi) is 4.75. The Balaban J connectivity index is 2.04. The average molecular weight is 291 g/mol. The normalized spacial score (nSPS) is 10.9. The number of benzene rings is 1. The Morgan fingerprint density at radius 1 is 1.33 bits per heavy atom. The first-order valence-corrected chi connectivity index (χ1v) is 6.59. The van der Waals surface area contributed by atoms with Crippen LogP contribution in [0.5, 0.6) is 0 Å². The molecule has 0 N–H and O–H groups in total. The van der Waals surface area contributed by atoms with Crippen LogP contribution in [0.1, 0.15) is 27.2 Å². The van der Waals surface area contributed by atoms with Crippen molar-refractivity contribution >= 4 is 5.97 Å². The summed E-state index contributed by atoms with van der Waals surface area (Å²) in [6.45, 7) is 3.19. The summed E-state index contributed by atoms with van der Waals surface area (Å²) in [4.78, 5) is 13.4. The topological polar surface area (TPSA) is 42.7 Å². The number of methoxy groups -OCH3 is 1. The van der Waals surface area contributed by atoms with Crippen LogP contribution in [0.2, 0.25) is 0 Å². The van der Waals surface area contributed by atoms with Gasteiger partial charge in [-0.1, -0.05) is 6.07 Å². The van der Waals surface area contributed by atoms with Gasteiger partial charge in [-0.05, 0) is 37.7 Å². The molecule has 112 valence electrons. The van der Waals surface area contributed by atoms with Crippen molar-refractivity contribution in [1.29, 1.82) is 0 Å². The highest BCUT2D eigenvalue weighted by atomic mass is 19.1. The Labute approximate surface area is 123 Å². The van der Waals surface area contributed by atoms with E-state index >= 15 is 0 Å². The molecule has 0 fully saturated rings. The van der Waals surface area contributed by atoms with Gasteiger partial charge < -0.3 is 9.15 Å². The van der Waals surface area contributed by atoms with Crippen molar-refractivity contribution in [2.75, 3.05) is 14.2 Å². The number of rotatable bonds is 5. The lowest BCUT2D eigenvalue weighted by Gasteiger charge is -2.16. The van der Waals surface area contributed by atoms with Crippen LogP contribution in [-0.4, -0.2) is 25.0 Å². The second-order valence-corrected chi connectivity index (χ2v) is 4.98. The molecule has 2 rings (SSSR count). The minimum atomic E-state index is -0.665. The molecule has 0 aliphatic carbocycles. The minimum Gasteiger partial charge on any atom is -0.469 e. The molecule has 0 saturated carbocycles. The van der Waals surface area contributed by atoms with E-state index in [9.17, 15) is 9.18 Å². The highest BCUT2D eigenvalue weighted by molar-refractivity contribution is 5.89. The third kappa shape index (κ3) is 3.70. The van der Waals surface area contributed by atoms with Gasteiger partial charge in [-0.3, -0.25) is 4.90 Å². The summed E-state index contributed by atoms with van der Waals surface area (Å²) >= 11 is 0. The summed E-state index contributed by atoms with van der Waals surface area (Å²) in [5.41, 5.74) is 1.85. The fraction of sp³-hybridized carbons (Fsp3) is 0.312. The van der Waals surface area contributed by atoms with E-state index in [1.807, 2.05) is 24.9 Å². The summed E-state index contributed by atoms with van der Waals surface area (Å²) in [5, 5.41) is 0. The zero-order chi connectivity index (χ0) is 15.4. The number of hydrogen-bond acceptors (Lipinski definition) is 4. The molecule has 0 spiro atoms. The van der Waals surface area contributed by atoms with Gasteiger partial charge in [-0.2, -0.15) is 0 Å². The fourth-order valence-corrected chi connectivity index (χ4v) is 2.17. The highest BCUT2D eigenvalue weighted by Crippen LogP contribution is 2.16. The molecule has 1 aromatic heterocycles. The smallest absolute Gasteiger partial charge is 0.340 e. The van der Waals surface area contributed by atoms with E-state index in [2.05, 4.69) is 4.74 Å². The number of nitrogens with zero attached hydrogens (tertiary/aromatic N) is 1. The molecule has 0 amide bonds. The van der Waals surface area contributed by atoms with Gasteiger partial charge in [-0.15, -0.1) is 0 Å². The van der Waals surface area contributed by atoms with Gasteiger partial charge in [0, 0.05) is 18.7 Å². The molecular formula is C16H18FNO3. The molecule has 21 heavy (non-hydrogen) atoms. The van der Waals surface area contributed by atoms with Crippen LogP contribution in [-0.2, 0) is 17.8 Å². The van der Waals surface area contributed by atoms with Crippen LogP contribution < -0.4 is 0 Å². The van der Waals surface area contributed by atoms with Gasteiger partial charge in [0.05, 0.1) is 18.9 Å². The van der Waals surface area contributed by atoms with Crippen molar-refractivity contribution in [2.24, 2.45) is 0 Å². The van der Waals surface area contributed by atoms with Crippen LogP contribution in [0.15, 0.2) is 34.9 Å². The van der Waals surface area contributed by atoms with Crippen molar-refractivity contribution in [2.45, 2.75) is 20.0 Å². The number of carbonyl (C=O) groups is 1. The monoisotopic (exact) mass is 291 g/mol. The summed E-state index contributed by atoms with van der Waals surface area (Å²) in [7, 11) is 3.18. The van der Waals surface area contributed by atoms with Crippen LogP contribution >= 0.6 is 0 Å². The number of furan rings is 1. The van der Waals surface area contributed by atoms with E-state index in [1.54, 1.807) is 12.3 Å². The van der Waals surface area contributed by atoms with Crippen molar-refractivity contribution < 1.29 is 18.3 Å². The van der Waals surface area contributed by atoms with Gasteiger partial charge in [0.2, 0.25) is 0 Å². The summed E-state index contributed by atoms with van der Waals surface area (Å²) < 4.78 is 23.6. The molecule has 5 heteroatoms. The predicted octanol–water partition coefficient (Wildman–Crippen LogP) is 3.15. The molecular weight excluding hydrogens is 273 g/mol. The van der Waals surface area contributed by atoms with Crippen LogP contribution in [0.4, 0.5) is 4.39 Å². The standard InChI is InChI=1S/C16H18FNO3/c1-11-13(6-7-21-11)10-18(2)9-12-4-5-14(15(17)8-12)16(19)20-3/h4-8H,9-10H2,1-3H3. The van der Waals surface area contributed by atoms with Crippen LogP contribution in [0, 0.1) is 12.7 Å². The summed E-state index contributed by atoms with van der Waals surface area (Å²) in [6.07, 6.45) is 1.66. The highest BCUT2D eigenvalue weighted by Gasteiger charge is 2.13. The predicted molar refractivity (Wildman–Crippen MR) is 76.4 cm³/mol. The Hall–Kier alpha value is -2.14. The van der Waals surface area contributed by atoms with E-state index < -0.39 is 11.8 Å². The summed E-state index contributed by atoms with van der Waals surface area (Å²) in [5.74, 6) is -0.345. The Morgan fingerprint density at radius 3 is 2.67 bits per heavy atom. The molecule has 0 bridgehead atoms. The van der Waals surface area contributed by atoms with Crippen molar-refractivity contribution in [3.8, 4) is 0 Å². The maximum absolute atomic E-state index is 13.8. The molecule has 0 radical (unpaired) electrons. The molecule has 0 aliphatic rings. The second kappa shape index (κ2) is 6.54. The third-order valence-corrected chi connectivity index (χ3v) is 3.30. The number of ether oxygens (including phenoxy) is 1. The van der Waals surface area contributed by atoms with Crippen molar-refractivity contribution in [1.82, 2.24) is 4.90 Å². The van der Waals surface area contributed by atoms with Crippen LogP contribution in [0.3, 0.4) is 0 Å². The lowest BCUT2D eigenvalue weighted by molar-refractivity contribution is 0.0595. The van der Waals surface area contributed by atoms with Gasteiger partial charge in [-0.25, -0.2) is 9.18 Å². The quantitative estimate of drug-likeness (QED) is 0.794. The number of esters is 1. The van der Waals surface area contributed by atoms with Crippen molar-refractivity contribution in [3.05, 3.63) is 58.8 Å².